The molecule has 1 aliphatic heterocycles. The summed E-state index contributed by atoms with van der Waals surface area (Å²) in [5, 5.41) is 5.57. The normalized spacial score (nSPS) is 20.5. The van der Waals surface area contributed by atoms with Crippen LogP contribution in [-0.2, 0) is 9.53 Å². The summed E-state index contributed by atoms with van der Waals surface area (Å²) in [5.74, 6) is 0.543. The first-order chi connectivity index (χ1) is 11.5. The quantitative estimate of drug-likeness (QED) is 0.818. The first-order valence-corrected chi connectivity index (χ1v) is 8.23. The number of carbonyl (C=O) groups excluding carboxylic acids is 2. The summed E-state index contributed by atoms with van der Waals surface area (Å²) in [6, 6.07) is 5.34. The Morgan fingerprint density at radius 3 is 2.83 bits per heavy atom. The van der Waals surface area contributed by atoms with Gasteiger partial charge in [-0.2, -0.15) is 0 Å². The molecule has 1 aromatic rings. The molecule has 2 N–H and O–H groups in total. The maximum Gasteiger partial charge on any atom is 0.272 e. The van der Waals surface area contributed by atoms with E-state index in [4.69, 9.17) is 4.74 Å². The molecular weight excluding hydrogens is 308 g/mol. The molecule has 0 unspecified atom stereocenters. The molecule has 0 spiro atoms. The highest BCUT2D eigenvalue weighted by Gasteiger charge is 2.37. The number of rotatable bonds is 6. The average Bonchev–Trinajstić information content (AvgIpc) is 2.65. The fourth-order valence-electron chi connectivity index (χ4n) is 3.07. The molecular formula is C17H26N4O3. The number of nitrogens with zero attached hydrogens (tertiary/aromatic N) is 2. The van der Waals surface area contributed by atoms with Gasteiger partial charge in [0, 0.05) is 34.2 Å². The van der Waals surface area contributed by atoms with Crippen LogP contribution in [0.15, 0.2) is 18.2 Å². The van der Waals surface area contributed by atoms with Crippen molar-refractivity contribution in [3.05, 3.63) is 23.9 Å². The van der Waals surface area contributed by atoms with Gasteiger partial charge in [-0.3, -0.25) is 9.59 Å². The first-order valence-electron chi connectivity index (χ1n) is 8.23. The fraction of sp³-hybridized carbons (Fsp3) is 0.588. The number of hydrogen-bond acceptors (Lipinski definition) is 5. The number of likely N-dealkylation sites (tertiary alicyclic amines) is 1. The molecule has 2 rings (SSSR count). The third-order valence-electron chi connectivity index (χ3n) is 4.57. The van der Waals surface area contributed by atoms with Gasteiger partial charge in [0.25, 0.3) is 5.91 Å². The number of piperidine rings is 1. The molecule has 1 aliphatic rings. The number of pyridine rings is 1. The van der Waals surface area contributed by atoms with E-state index in [1.54, 1.807) is 32.2 Å². The zero-order valence-corrected chi connectivity index (χ0v) is 14.6. The van der Waals surface area contributed by atoms with Crippen LogP contribution in [0.4, 0.5) is 5.82 Å². The molecule has 7 nitrogen and oxygen atoms in total. The second kappa shape index (κ2) is 8.10. The Balaban J connectivity index is 2.10. The lowest BCUT2D eigenvalue weighted by molar-refractivity contribution is -0.123. The Bertz CT molecular complexity index is 593. The molecule has 1 fully saturated rings. The van der Waals surface area contributed by atoms with Crippen molar-refractivity contribution in [2.75, 3.05) is 39.6 Å². The SMILES string of the molecule is CNC(=O)CC[C@@]1(OC)CCCN(C(=O)c2cccc(NC)n2)C1. The number of ether oxygens (including phenoxy) is 1. The first kappa shape index (κ1) is 18.2. The zero-order valence-electron chi connectivity index (χ0n) is 14.6. The summed E-state index contributed by atoms with van der Waals surface area (Å²) in [4.78, 5) is 30.4. The van der Waals surface area contributed by atoms with E-state index in [0.29, 0.717) is 37.4 Å². The van der Waals surface area contributed by atoms with Crippen molar-refractivity contribution in [3.63, 3.8) is 0 Å². The summed E-state index contributed by atoms with van der Waals surface area (Å²) >= 11 is 0. The van der Waals surface area contributed by atoms with Crippen molar-refractivity contribution >= 4 is 17.6 Å². The molecule has 7 heteroatoms. The summed E-state index contributed by atoms with van der Waals surface area (Å²) < 4.78 is 5.73. The lowest BCUT2D eigenvalue weighted by atomic mass is 9.87. The van der Waals surface area contributed by atoms with E-state index >= 15 is 0 Å². The van der Waals surface area contributed by atoms with Gasteiger partial charge in [-0.05, 0) is 31.4 Å². The summed E-state index contributed by atoms with van der Waals surface area (Å²) in [6.45, 7) is 1.15. The lowest BCUT2D eigenvalue weighted by Gasteiger charge is -2.41. The van der Waals surface area contributed by atoms with Gasteiger partial charge in [-0.15, -0.1) is 0 Å². The number of nitrogens with one attached hydrogen (secondary N) is 2. The van der Waals surface area contributed by atoms with E-state index in [9.17, 15) is 9.59 Å². The predicted molar refractivity (Wildman–Crippen MR) is 92.0 cm³/mol. The molecule has 2 amide bonds. The lowest BCUT2D eigenvalue weighted by Crippen LogP contribution is -2.51. The summed E-state index contributed by atoms with van der Waals surface area (Å²) in [5.41, 5.74) is -0.0545. The van der Waals surface area contributed by atoms with Gasteiger partial charge in [0.1, 0.15) is 11.5 Å². The zero-order chi connectivity index (χ0) is 17.6. The van der Waals surface area contributed by atoms with Crippen molar-refractivity contribution in [2.45, 2.75) is 31.3 Å². The third kappa shape index (κ3) is 4.23. The smallest absolute Gasteiger partial charge is 0.272 e. The molecule has 1 aromatic heterocycles. The maximum absolute atomic E-state index is 12.8. The van der Waals surface area contributed by atoms with E-state index in [0.717, 1.165) is 12.8 Å². The van der Waals surface area contributed by atoms with Gasteiger partial charge in [0.2, 0.25) is 5.91 Å². The van der Waals surface area contributed by atoms with Crippen molar-refractivity contribution in [1.82, 2.24) is 15.2 Å². The van der Waals surface area contributed by atoms with Gasteiger partial charge in [-0.25, -0.2) is 4.98 Å². The number of anilines is 1. The minimum absolute atomic E-state index is 0.0155. The molecule has 132 valence electrons. The van der Waals surface area contributed by atoms with Crippen LogP contribution >= 0.6 is 0 Å². The molecule has 0 saturated carbocycles. The van der Waals surface area contributed by atoms with Crippen LogP contribution < -0.4 is 10.6 Å². The van der Waals surface area contributed by atoms with Crippen LogP contribution in [0.2, 0.25) is 0 Å². The molecule has 24 heavy (non-hydrogen) atoms. The van der Waals surface area contributed by atoms with E-state index in [1.807, 2.05) is 12.1 Å². The van der Waals surface area contributed by atoms with Gasteiger partial charge >= 0.3 is 0 Å². The number of methoxy groups -OCH3 is 1. The van der Waals surface area contributed by atoms with Gasteiger partial charge in [0.05, 0.1) is 12.1 Å². The monoisotopic (exact) mass is 334 g/mol. The van der Waals surface area contributed by atoms with Crippen LogP contribution in [0.1, 0.15) is 36.2 Å². The van der Waals surface area contributed by atoms with Crippen molar-refractivity contribution in [1.29, 1.82) is 0 Å². The highest BCUT2D eigenvalue weighted by molar-refractivity contribution is 5.92. The molecule has 0 aromatic carbocycles. The highest BCUT2D eigenvalue weighted by Crippen LogP contribution is 2.30. The van der Waals surface area contributed by atoms with Gasteiger partial charge in [0.15, 0.2) is 0 Å². The molecule has 1 saturated heterocycles. The standard InChI is InChI=1S/C17H26N4O3/c1-18-14-7-4-6-13(20-14)16(23)21-11-5-9-17(12-21,24-3)10-8-15(22)19-2/h4,6-7H,5,8-12H2,1-3H3,(H,18,20)(H,19,22)/t17-/m0/s1. The number of carbonyl (C=O) groups is 2. The minimum atomic E-state index is -0.471. The Kier molecular flexibility index (Phi) is 6.14. The summed E-state index contributed by atoms with van der Waals surface area (Å²) in [6.07, 6.45) is 2.67. The van der Waals surface area contributed by atoms with Crippen molar-refractivity contribution in [3.8, 4) is 0 Å². The van der Waals surface area contributed by atoms with Crippen LogP contribution in [0.25, 0.3) is 0 Å². The van der Waals surface area contributed by atoms with Crippen LogP contribution in [0, 0.1) is 0 Å². The predicted octanol–water partition coefficient (Wildman–Crippen LogP) is 1.27. The Hall–Kier alpha value is -2.15. The molecule has 1 atom stereocenters. The Morgan fingerprint density at radius 2 is 2.17 bits per heavy atom. The Labute approximate surface area is 142 Å². The number of aromatic nitrogens is 1. The van der Waals surface area contributed by atoms with Gasteiger partial charge < -0.3 is 20.3 Å². The van der Waals surface area contributed by atoms with E-state index in [1.165, 1.54) is 0 Å². The topological polar surface area (TPSA) is 83.6 Å². The molecule has 0 bridgehead atoms. The molecule has 0 radical (unpaired) electrons. The second-order valence-corrected chi connectivity index (χ2v) is 6.05. The van der Waals surface area contributed by atoms with Gasteiger partial charge in [-0.1, -0.05) is 6.07 Å². The van der Waals surface area contributed by atoms with E-state index in [2.05, 4.69) is 15.6 Å². The fourth-order valence-corrected chi connectivity index (χ4v) is 3.07. The second-order valence-electron chi connectivity index (χ2n) is 6.05. The van der Waals surface area contributed by atoms with Crippen LogP contribution in [0.5, 0.6) is 0 Å². The molecule has 0 aliphatic carbocycles. The molecule has 2 heterocycles. The maximum atomic E-state index is 12.8. The Morgan fingerprint density at radius 1 is 1.38 bits per heavy atom. The third-order valence-corrected chi connectivity index (χ3v) is 4.57. The average molecular weight is 334 g/mol. The minimum Gasteiger partial charge on any atom is -0.376 e. The number of amides is 2. The highest BCUT2D eigenvalue weighted by atomic mass is 16.5. The van der Waals surface area contributed by atoms with Crippen molar-refractivity contribution < 1.29 is 14.3 Å². The van der Waals surface area contributed by atoms with E-state index < -0.39 is 5.60 Å². The summed E-state index contributed by atoms with van der Waals surface area (Å²) in [7, 11) is 5.04. The van der Waals surface area contributed by atoms with E-state index in [-0.39, 0.29) is 11.8 Å². The largest absolute Gasteiger partial charge is 0.376 e. The van der Waals surface area contributed by atoms with Crippen LogP contribution in [0.3, 0.4) is 0 Å². The van der Waals surface area contributed by atoms with Crippen LogP contribution in [-0.4, -0.2) is 61.6 Å². The number of hydrogen-bond donors (Lipinski definition) is 2. The van der Waals surface area contributed by atoms with Crippen molar-refractivity contribution in [2.24, 2.45) is 0 Å².